The van der Waals surface area contributed by atoms with Gasteiger partial charge >= 0.3 is 0 Å². The van der Waals surface area contributed by atoms with Gasteiger partial charge in [0.25, 0.3) is 0 Å². The third kappa shape index (κ3) is 5.17. The molecule has 1 unspecified atom stereocenters. The first kappa shape index (κ1) is 19.6. The third-order valence-corrected chi connectivity index (χ3v) is 5.12. The van der Waals surface area contributed by atoms with Crippen molar-refractivity contribution in [2.24, 2.45) is 7.05 Å². The maximum Gasteiger partial charge on any atom is 0.146 e. The van der Waals surface area contributed by atoms with E-state index in [-0.39, 0.29) is 0 Å². The van der Waals surface area contributed by atoms with Gasteiger partial charge in [-0.25, -0.2) is 0 Å². The second-order valence-electron chi connectivity index (χ2n) is 7.55. The van der Waals surface area contributed by atoms with Crippen LogP contribution in [0.4, 0.5) is 0 Å². The van der Waals surface area contributed by atoms with Gasteiger partial charge in [0.1, 0.15) is 17.4 Å². The quantitative estimate of drug-likeness (QED) is 0.751. The van der Waals surface area contributed by atoms with E-state index in [1.807, 2.05) is 12.1 Å². The van der Waals surface area contributed by atoms with Gasteiger partial charge in [0.15, 0.2) is 0 Å². The molecule has 1 aromatic heterocycles. The van der Waals surface area contributed by atoms with Crippen LogP contribution in [0, 0.1) is 0 Å². The smallest absolute Gasteiger partial charge is 0.146 e. The van der Waals surface area contributed by atoms with E-state index in [0.29, 0.717) is 5.92 Å². The molecule has 1 aliphatic heterocycles. The Morgan fingerprint density at radius 3 is 2.70 bits per heavy atom. The lowest BCUT2D eigenvalue weighted by Crippen LogP contribution is -2.35. The molecule has 1 saturated heterocycles. The zero-order valence-corrected chi connectivity index (χ0v) is 16.9. The summed E-state index contributed by atoms with van der Waals surface area (Å²) >= 11 is 0. The van der Waals surface area contributed by atoms with Crippen molar-refractivity contribution < 1.29 is 4.74 Å². The number of benzene rings is 1. The summed E-state index contributed by atoms with van der Waals surface area (Å²) in [6, 6.07) is 8.16. The Morgan fingerprint density at radius 1 is 1.22 bits per heavy atom. The number of rotatable bonds is 7. The number of methoxy groups -OCH3 is 1. The Morgan fingerprint density at radius 2 is 2.00 bits per heavy atom. The number of ether oxygens (including phenoxy) is 1. The fourth-order valence-electron chi connectivity index (χ4n) is 3.64. The zero-order valence-electron chi connectivity index (χ0n) is 16.9. The second kappa shape index (κ2) is 9.15. The van der Waals surface area contributed by atoms with Crippen molar-refractivity contribution in [2.45, 2.75) is 25.3 Å². The van der Waals surface area contributed by atoms with Crippen LogP contribution >= 0.6 is 0 Å². The van der Waals surface area contributed by atoms with E-state index in [1.165, 1.54) is 18.4 Å². The minimum atomic E-state index is 0.460. The number of aromatic nitrogens is 3. The summed E-state index contributed by atoms with van der Waals surface area (Å²) in [6.07, 6.45) is 6.82. The standard InChI is InChI=1S/C21H31N5O/c1-24(2)16-20-22-23-21(25(20)3)18-8-6-14-26(15-18)13-5-7-17-9-11-19(27-4)12-10-17/h5,7,9-12,18H,6,8,13-16H2,1-4H3/b7-5+. The van der Waals surface area contributed by atoms with Gasteiger partial charge in [-0.05, 0) is 51.2 Å². The molecule has 1 aromatic carbocycles. The summed E-state index contributed by atoms with van der Waals surface area (Å²) < 4.78 is 7.39. The van der Waals surface area contributed by atoms with E-state index < -0.39 is 0 Å². The molecule has 0 radical (unpaired) electrons. The lowest BCUT2D eigenvalue weighted by molar-refractivity contribution is 0.222. The van der Waals surface area contributed by atoms with Crippen LogP contribution in [-0.2, 0) is 13.6 Å². The van der Waals surface area contributed by atoms with Gasteiger partial charge in [-0.2, -0.15) is 0 Å². The van der Waals surface area contributed by atoms with Crippen molar-refractivity contribution in [1.82, 2.24) is 24.6 Å². The molecule has 1 aliphatic rings. The molecule has 2 heterocycles. The van der Waals surface area contributed by atoms with E-state index in [2.05, 4.69) is 70.0 Å². The summed E-state index contributed by atoms with van der Waals surface area (Å²) in [7, 11) is 7.91. The molecule has 146 valence electrons. The maximum absolute atomic E-state index is 5.21. The summed E-state index contributed by atoms with van der Waals surface area (Å²) in [4.78, 5) is 4.64. The van der Waals surface area contributed by atoms with Gasteiger partial charge in [-0.1, -0.05) is 24.3 Å². The molecule has 1 atom stereocenters. The first-order chi connectivity index (χ1) is 13.1. The lowest BCUT2D eigenvalue weighted by atomic mass is 9.97. The van der Waals surface area contributed by atoms with Crippen LogP contribution in [0.3, 0.4) is 0 Å². The number of nitrogens with zero attached hydrogens (tertiary/aromatic N) is 5. The van der Waals surface area contributed by atoms with Gasteiger partial charge in [0, 0.05) is 26.1 Å². The molecular formula is C21H31N5O. The highest BCUT2D eigenvalue weighted by Gasteiger charge is 2.25. The Kier molecular flexibility index (Phi) is 6.63. The normalized spacial score (nSPS) is 18.5. The highest BCUT2D eigenvalue weighted by atomic mass is 16.5. The molecule has 0 spiro atoms. The number of likely N-dealkylation sites (tertiary alicyclic amines) is 1. The van der Waals surface area contributed by atoms with Crippen LogP contribution < -0.4 is 4.74 Å². The molecule has 2 aromatic rings. The van der Waals surface area contributed by atoms with Crippen molar-refractivity contribution in [3.05, 3.63) is 47.6 Å². The molecule has 0 N–H and O–H groups in total. The molecule has 27 heavy (non-hydrogen) atoms. The van der Waals surface area contributed by atoms with Crippen molar-refractivity contribution >= 4 is 6.08 Å². The number of hydrogen-bond donors (Lipinski definition) is 0. The third-order valence-electron chi connectivity index (χ3n) is 5.12. The molecule has 0 aliphatic carbocycles. The lowest BCUT2D eigenvalue weighted by Gasteiger charge is -2.31. The van der Waals surface area contributed by atoms with Crippen LogP contribution in [0.25, 0.3) is 6.08 Å². The van der Waals surface area contributed by atoms with Crippen LogP contribution in [0.5, 0.6) is 5.75 Å². The second-order valence-corrected chi connectivity index (χ2v) is 7.55. The summed E-state index contributed by atoms with van der Waals surface area (Å²) in [5.41, 5.74) is 1.20. The predicted molar refractivity (Wildman–Crippen MR) is 109 cm³/mol. The van der Waals surface area contributed by atoms with Crippen molar-refractivity contribution in [3.8, 4) is 5.75 Å². The van der Waals surface area contributed by atoms with Gasteiger partial charge in [0.2, 0.25) is 0 Å². The number of hydrogen-bond acceptors (Lipinski definition) is 5. The van der Waals surface area contributed by atoms with E-state index >= 15 is 0 Å². The molecule has 0 amide bonds. The van der Waals surface area contributed by atoms with Crippen molar-refractivity contribution in [2.75, 3.05) is 40.8 Å². The Hall–Kier alpha value is -2.18. The van der Waals surface area contributed by atoms with Gasteiger partial charge in [-0.3, -0.25) is 4.90 Å². The van der Waals surface area contributed by atoms with E-state index in [4.69, 9.17) is 4.74 Å². The van der Waals surface area contributed by atoms with E-state index in [0.717, 1.165) is 43.6 Å². The fourth-order valence-corrected chi connectivity index (χ4v) is 3.64. The SMILES string of the molecule is COc1ccc(/C=C/CN2CCCC(c3nnc(CN(C)C)n3C)C2)cc1. The molecule has 6 heteroatoms. The van der Waals surface area contributed by atoms with Gasteiger partial charge in [0.05, 0.1) is 13.7 Å². The maximum atomic E-state index is 5.21. The largest absolute Gasteiger partial charge is 0.497 e. The molecule has 6 nitrogen and oxygen atoms in total. The van der Waals surface area contributed by atoms with E-state index in [9.17, 15) is 0 Å². The molecular weight excluding hydrogens is 338 g/mol. The van der Waals surface area contributed by atoms with E-state index in [1.54, 1.807) is 7.11 Å². The van der Waals surface area contributed by atoms with Crippen molar-refractivity contribution in [1.29, 1.82) is 0 Å². The Labute approximate surface area is 162 Å². The summed E-state index contributed by atoms with van der Waals surface area (Å²) in [5.74, 6) is 3.51. The minimum absolute atomic E-state index is 0.460. The van der Waals surface area contributed by atoms with Crippen LogP contribution in [0.1, 0.15) is 36.0 Å². The average Bonchev–Trinajstić information content (AvgIpc) is 3.02. The van der Waals surface area contributed by atoms with Crippen LogP contribution in [0.2, 0.25) is 0 Å². The van der Waals surface area contributed by atoms with Gasteiger partial charge in [-0.15, -0.1) is 10.2 Å². The fraction of sp³-hybridized carbons (Fsp3) is 0.524. The topological polar surface area (TPSA) is 46.4 Å². The van der Waals surface area contributed by atoms with Gasteiger partial charge < -0.3 is 14.2 Å². The molecule has 0 saturated carbocycles. The first-order valence-corrected chi connectivity index (χ1v) is 9.62. The molecule has 3 rings (SSSR count). The van der Waals surface area contributed by atoms with Crippen LogP contribution in [0.15, 0.2) is 30.3 Å². The number of piperidine rings is 1. The molecule has 0 bridgehead atoms. The Bertz CT molecular complexity index is 750. The predicted octanol–water partition coefficient (Wildman–Crippen LogP) is 2.78. The van der Waals surface area contributed by atoms with Crippen molar-refractivity contribution in [3.63, 3.8) is 0 Å². The zero-order chi connectivity index (χ0) is 19.2. The monoisotopic (exact) mass is 369 g/mol. The molecule has 1 fully saturated rings. The minimum Gasteiger partial charge on any atom is -0.497 e. The van der Waals surface area contributed by atoms with Crippen LogP contribution in [-0.4, -0.2) is 65.4 Å². The first-order valence-electron chi connectivity index (χ1n) is 9.62. The average molecular weight is 370 g/mol. The highest BCUT2D eigenvalue weighted by Crippen LogP contribution is 2.26. The summed E-state index contributed by atoms with van der Waals surface area (Å²) in [5, 5.41) is 8.90. The summed E-state index contributed by atoms with van der Waals surface area (Å²) in [6.45, 7) is 3.97. The highest BCUT2D eigenvalue weighted by molar-refractivity contribution is 5.50. The Balaban J connectivity index is 1.57.